The standard InChI is InChI=1S/C20H19ClN2OS/c1-13-5-4-6-16-17(13)22-19(25-16)23-18(24)20(11-2-3-12-20)14-7-9-15(21)10-8-14/h4-10H,2-3,11-12H2,1H3,(H,22,23,24). The number of nitrogens with one attached hydrogen (secondary N) is 1. The number of halogens is 1. The maximum atomic E-state index is 13.2. The predicted octanol–water partition coefficient (Wildman–Crippen LogP) is 5.71. The smallest absolute Gasteiger partial charge is 0.236 e. The number of para-hydroxylation sites is 1. The lowest BCUT2D eigenvalue weighted by Crippen LogP contribution is -2.37. The summed E-state index contributed by atoms with van der Waals surface area (Å²) in [5.74, 6) is 0.0454. The van der Waals surface area contributed by atoms with Crippen LogP contribution in [0.5, 0.6) is 0 Å². The summed E-state index contributed by atoms with van der Waals surface area (Å²) >= 11 is 7.55. The van der Waals surface area contributed by atoms with Crippen LogP contribution in [0.25, 0.3) is 10.2 Å². The van der Waals surface area contributed by atoms with Crippen LogP contribution >= 0.6 is 22.9 Å². The number of benzene rings is 2. The largest absolute Gasteiger partial charge is 0.301 e. The molecule has 1 heterocycles. The second kappa shape index (κ2) is 6.43. The second-order valence-electron chi connectivity index (χ2n) is 6.69. The summed E-state index contributed by atoms with van der Waals surface area (Å²) in [6, 6.07) is 13.8. The highest BCUT2D eigenvalue weighted by Crippen LogP contribution is 2.42. The monoisotopic (exact) mass is 370 g/mol. The van der Waals surface area contributed by atoms with E-state index < -0.39 is 5.41 Å². The number of aromatic nitrogens is 1. The van der Waals surface area contributed by atoms with Gasteiger partial charge in [-0.25, -0.2) is 4.98 Å². The molecule has 0 saturated heterocycles. The minimum absolute atomic E-state index is 0.0454. The Kier molecular flexibility index (Phi) is 4.26. The summed E-state index contributed by atoms with van der Waals surface area (Å²) in [7, 11) is 0. The molecule has 0 bridgehead atoms. The molecule has 1 aromatic heterocycles. The van der Waals surface area contributed by atoms with Crippen molar-refractivity contribution in [1.82, 2.24) is 4.98 Å². The van der Waals surface area contributed by atoms with Crippen LogP contribution in [0.3, 0.4) is 0 Å². The first-order chi connectivity index (χ1) is 12.1. The lowest BCUT2D eigenvalue weighted by atomic mass is 9.78. The summed E-state index contributed by atoms with van der Waals surface area (Å²) in [6.07, 6.45) is 3.86. The number of carbonyl (C=O) groups is 1. The van der Waals surface area contributed by atoms with Gasteiger partial charge >= 0.3 is 0 Å². The van der Waals surface area contributed by atoms with E-state index in [9.17, 15) is 4.79 Å². The fourth-order valence-corrected chi connectivity index (χ4v) is 4.82. The van der Waals surface area contributed by atoms with Gasteiger partial charge in [0.05, 0.1) is 15.6 Å². The number of fused-ring (bicyclic) bond motifs is 1. The van der Waals surface area contributed by atoms with Crippen LogP contribution < -0.4 is 5.32 Å². The van der Waals surface area contributed by atoms with Gasteiger partial charge in [0.1, 0.15) is 0 Å². The Morgan fingerprint density at radius 1 is 1.16 bits per heavy atom. The van der Waals surface area contributed by atoms with Crippen molar-refractivity contribution >= 4 is 44.2 Å². The van der Waals surface area contributed by atoms with Gasteiger partial charge < -0.3 is 5.32 Å². The van der Waals surface area contributed by atoms with E-state index in [1.165, 1.54) is 11.3 Å². The van der Waals surface area contributed by atoms with Gasteiger partial charge in [-0.2, -0.15) is 0 Å². The first-order valence-corrected chi connectivity index (χ1v) is 9.72. The normalized spacial score (nSPS) is 16.2. The maximum absolute atomic E-state index is 13.2. The number of hydrogen-bond acceptors (Lipinski definition) is 3. The van der Waals surface area contributed by atoms with Gasteiger partial charge in [0, 0.05) is 5.02 Å². The first-order valence-electron chi connectivity index (χ1n) is 8.52. The van der Waals surface area contributed by atoms with E-state index in [-0.39, 0.29) is 5.91 Å². The molecule has 1 N–H and O–H groups in total. The Morgan fingerprint density at radius 2 is 1.88 bits per heavy atom. The molecule has 2 aromatic carbocycles. The molecule has 3 aromatic rings. The molecule has 128 valence electrons. The Morgan fingerprint density at radius 3 is 2.56 bits per heavy atom. The van der Waals surface area contributed by atoms with Crippen molar-refractivity contribution in [2.75, 3.05) is 5.32 Å². The van der Waals surface area contributed by atoms with Crippen LogP contribution in [0.2, 0.25) is 5.02 Å². The molecule has 0 unspecified atom stereocenters. The van der Waals surface area contributed by atoms with Crippen LogP contribution in [0, 0.1) is 6.92 Å². The molecular weight excluding hydrogens is 352 g/mol. The average Bonchev–Trinajstić information content (AvgIpc) is 3.24. The van der Waals surface area contributed by atoms with Crippen molar-refractivity contribution in [3.8, 4) is 0 Å². The fourth-order valence-electron chi connectivity index (χ4n) is 3.75. The summed E-state index contributed by atoms with van der Waals surface area (Å²) in [4.78, 5) is 17.8. The van der Waals surface area contributed by atoms with Crippen molar-refractivity contribution in [1.29, 1.82) is 0 Å². The molecule has 1 fully saturated rings. The van der Waals surface area contributed by atoms with Crippen molar-refractivity contribution < 1.29 is 4.79 Å². The zero-order valence-corrected chi connectivity index (χ0v) is 15.6. The maximum Gasteiger partial charge on any atom is 0.236 e. The van der Waals surface area contributed by atoms with E-state index in [1.807, 2.05) is 49.4 Å². The third-order valence-electron chi connectivity index (χ3n) is 5.13. The molecule has 0 radical (unpaired) electrons. The highest BCUT2D eigenvalue weighted by atomic mass is 35.5. The molecule has 5 heteroatoms. The van der Waals surface area contributed by atoms with Gasteiger partial charge in [0.15, 0.2) is 5.13 Å². The van der Waals surface area contributed by atoms with Crippen molar-refractivity contribution in [3.63, 3.8) is 0 Å². The average molecular weight is 371 g/mol. The van der Waals surface area contributed by atoms with Gasteiger partial charge in [-0.3, -0.25) is 4.79 Å². The topological polar surface area (TPSA) is 42.0 Å². The first kappa shape index (κ1) is 16.6. The summed E-state index contributed by atoms with van der Waals surface area (Å²) in [5, 5.41) is 4.46. The third kappa shape index (κ3) is 2.94. The SMILES string of the molecule is Cc1cccc2sc(NC(=O)C3(c4ccc(Cl)cc4)CCCC3)nc12. The number of anilines is 1. The van der Waals surface area contributed by atoms with Crippen LogP contribution in [0.15, 0.2) is 42.5 Å². The Labute approximate surface area is 156 Å². The highest BCUT2D eigenvalue weighted by molar-refractivity contribution is 7.22. The molecule has 0 atom stereocenters. The number of aryl methyl sites for hydroxylation is 1. The molecule has 4 rings (SSSR count). The zero-order chi connectivity index (χ0) is 17.4. The van der Waals surface area contributed by atoms with E-state index in [0.29, 0.717) is 10.2 Å². The Balaban J connectivity index is 1.67. The lowest BCUT2D eigenvalue weighted by molar-refractivity contribution is -0.121. The number of thiazole rings is 1. The van der Waals surface area contributed by atoms with E-state index >= 15 is 0 Å². The Hall–Kier alpha value is -1.91. The van der Waals surface area contributed by atoms with Crippen molar-refractivity contribution in [2.24, 2.45) is 0 Å². The molecule has 25 heavy (non-hydrogen) atoms. The van der Waals surface area contributed by atoms with Crippen LogP contribution in [0.4, 0.5) is 5.13 Å². The molecular formula is C20H19ClN2OS. The number of nitrogens with zero attached hydrogens (tertiary/aromatic N) is 1. The summed E-state index contributed by atoms with van der Waals surface area (Å²) < 4.78 is 1.10. The van der Waals surface area contributed by atoms with Gasteiger partial charge in [-0.05, 0) is 49.1 Å². The van der Waals surface area contributed by atoms with E-state index in [4.69, 9.17) is 11.6 Å². The van der Waals surface area contributed by atoms with E-state index in [1.54, 1.807) is 0 Å². The molecule has 1 amide bonds. The number of rotatable bonds is 3. The van der Waals surface area contributed by atoms with E-state index in [2.05, 4.69) is 10.3 Å². The van der Waals surface area contributed by atoms with Crippen LogP contribution in [-0.4, -0.2) is 10.9 Å². The molecule has 3 nitrogen and oxygen atoms in total. The molecule has 1 aliphatic rings. The van der Waals surface area contributed by atoms with Gasteiger partial charge in [-0.1, -0.05) is 60.0 Å². The minimum atomic E-state index is -0.475. The fraction of sp³-hybridized carbons (Fsp3) is 0.300. The highest BCUT2D eigenvalue weighted by Gasteiger charge is 2.43. The van der Waals surface area contributed by atoms with Crippen LogP contribution in [-0.2, 0) is 10.2 Å². The van der Waals surface area contributed by atoms with Gasteiger partial charge in [-0.15, -0.1) is 0 Å². The molecule has 0 aliphatic heterocycles. The van der Waals surface area contributed by atoms with Crippen LogP contribution in [0.1, 0.15) is 36.8 Å². The molecule has 1 aliphatic carbocycles. The van der Waals surface area contributed by atoms with E-state index in [0.717, 1.165) is 47.0 Å². The zero-order valence-electron chi connectivity index (χ0n) is 14.0. The predicted molar refractivity (Wildman–Crippen MR) is 105 cm³/mol. The molecule has 1 saturated carbocycles. The second-order valence-corrected chi connectivity index (χ2v) is 8.16. The summed E-state index contributed by atoms with van der Waals surface area (Å²) in [5.41, 5.74) is 2.67. The quantitative estimate of drug-likeness (QED) is 0.641. The number of hydrogen-bond donors (Lipinski definition) is 1. The lowest BCUT2D eigenvalue weighted by Gasteiger charge is -2.27. The Bertz CT molecular complexity index is 927. The third-order valence-corrected chi connectivity index (χ3v) is 6.32. The number of carbonyl (C=O) groups excluding carboxylic acids is 1. The summed E-state index contributed by atoms with van der Waals surface area (Å²) in [6.45, 7) is 2.04. The van der Waals surface area contributed by atoms with Gasteiger partial charge in [0.25, 0.3) is 0 Å². The van der Waals surface area contributed by atoms with Crippen molar-refractivity contribution in [2.45, 2.75) is 38.0 Å². The molecule has 0 spiro atoms. The number of amides is 1. The van der Waals surface area contributed by atoms with Crippen molar-refractivity contribution in [3.05, 3.63) is 58.6 Å². The van der Waals surface area contributed by atoms with Gasteiger partial charge in [0.2, 0.25) is 5.91 Å². The minimum Gasteiger partial charge on any atom is -0.301 e.